The zero-order chi connectivity index (χ0) is 13.2. The van der Waals surface area contributed by atoms with Crippen LogP contribution in [0.4, 0.5) is 0 Å². The fraction of sp³-hybridized carbons (Fsp3) is 0.385. The van der Waals surface area contributed by atoms with E-state index in [1.54, 1.807) is 31.4 Å². The van der Waals surface area contributed by atoms with Crippen molar-refractivity contribution < 1.29 is 19.1 Å². The van der Waals surface area contributed by atoms with Crippen molar-refractivity contribution in [3.05, 3.63) is 35.9 Å². The Hall–Kier alpha value is -1.72. The highest BCUT2D eigenvalue weighted by atomic mass is 16.5. The van der Waals surface area contributed by atoms with Gasteiger partial charge in [0.25, 0.3) is 0 Å². The number of rotatable bonds is 8. The summed E-state index contributed by atoms with van der Waals surface area (Å²) in [6, 6.07) is 8.82. The molecule has 1 N–H and O–H groups in total. The first kappa shape index (κ1) is 14.3. The van der Waals surface area contributed by atoms with Crippen LogP contribution < -0.4 is 5.32 Å². The topological polar surface area (TPSA) is 64.6 Å². The molecule has 1 rings (SSSR count). The highest BCUT2D eigenvalue weighted by Crippen LogP contribution is 1.98. The van der Waals surface area contributed by atoms with E-state index in [1.165, 1.54) is 0 Å². The van der Waals surface area contributed by atoms with E-state index in [0.29, 0.717) is 18.8 Å². The Bertz CT molecular complexity index is 378. The molecular weight excluding hydrogens is 234 g/mol. The number of hydrogen-bond donors (Lipinski definition) is 1. The Kier molecular flexibility index (Phi) is 6.68. The second-order valence-corrected chi connectivity index (χ2v) is 3.61. The van der Waals surface area contributed by atoms with E-state index in [4.69, 9.17) is 9.47 Å². The Labute approximate surface area is 106 Å². The number of carbonyl (C=O) groups excluding carboxylic acids is 2. The molecule has 0 aliphatic heterocycles. The van der Waals surface area contributed by atoms with Crippen molar-refractivity contribution in [2.75, 3.05) is 33.5 Å². The van der Waals surface area contributed by atoms with E-state index in [2.05, 4.69) is 5.32 Å². The molecule has 5 heteroatoms. The molecule has 0 saturated heterocycles. The van der Waals surface area contributed by atoms with Crippen molar-refractivity contribution >= 4 is 11.7 Å². The molecule has 98 valence electrons. The molecule has 0 aromatic heterocycles. The summed E-state index contributed by atoms with van der Waals surface area (Å²) in [5, 5.41) is 2.50. The van der Waals surface area contributed by atoms with E-state index in [-0.39, 0.29) is 24.8 Å². The van der Waals surface area contributed by atoms with Gasteiger partial charge in [0.15, 0.2) is 5.78 Å². The molecule has 0 spiro atoms. The monoisotopic (exact) mass is 251 g/mol. The van der Waals surface area contributed by atoms with Crippen LogP contribution >= 0.6 is 0 Å². The Morgan fingerprint density at radius 3 is 2.56 bits per heavy atom. The summed E-state index contributed by atoms with van der Waals surface area (Å²) >= 11 is 0. The van der Waals surface area contributed by atoms with Gasteiger partial charge in [0, 0.05) is 12.7 Å². The Morgan fingerprint density at radius 2 is 1.89 bits per heavy atom. The van der Waals surface area contributed by atoms with Crippen molar-refractivity contribution in [1.29, 1.82) is 0 Å². The van der Waals surface area contributed by atoms with Crippen LogP contribution in [0.2, 0.25) is 0 Å². The fourth-order valence-corrected chi connectivity index (χ4v) is 1.26. The largest absolute Gasteiger partial charge is 0.382 e. The molecule has 1 aromatic rings. The molecule has 0 aliphatic carbocycles. The van der Waals surface area contributed by atoms with Crippen molar-refractivity contribution in [1.82, 2.24) is 5.32 Å². The molecule has 1 aromatic carbocycles. The van der Waals surface area contributed by atoms with Gasteiger partial charge in [-0.3, -0.25) is 9.59 Å². The maximum Gasteiger partial charge on any atom is 0.246 e. The predicted molar refractivity (Wildman–Crippen MR) is 66.5 cm³/mol. The van der Waals surface area contributed by atoms with Crippen molar-refractivity contribution in [2.45, 2.75) is 0 Å². The van der Waals surface area contributed by atoms with Crippen LogP contribution in [0.3, 0.4) is 0 Å². The number of Topliss-reactive ketones (excluding diaryl/α,β-unsaturated/α-hetero) is 1. The minimum absolute atomic E-state index is 0.0174. The molecule has 18 heavy (non-hydrogen) atoms. The summed E-state index contributed by atoms with van der Waals surface area (Å²) in [4.78, 5) is 23.0. The average Bonchev–Trinajstić information content (AvgIpc) is 2.42. The molecule has 0 atom stereocenters. The normalized spacial score (nSPS) is 10.1. The first-order chi connectivity index (χ1) is 8.74. The SMILES string of the molecule is COCCOCC(=O)NCC(=O)c1ccccc1. The van der Waals surface area contributed by atoms with E-state index < -0.39 is 0 Å². The first-order valence-electron chi connectivity index (χ1n) is 5.65. The van der Waals surface area contributed by atoms with E-state index in [1.807, 2.05) is 6.07 Å². The van der Waals surface area contributed by atoms with Crippen LogP contribution in [0.15, 0.2) is 30.3 Å². The van der Waals surface area contributed by atoms with Crippen molar-refractivity contribution in [3.63, 3.8) is 0 Å². The maximum absolute atomic E-state index is 11.6. The molecular formula is C13H17NO4. The Morgan fingerprint density at radius 1 is 1.17 bits per heavy atom. The van der Waals surface area contributed by atoms with Gasteiger partial charge in [-0.25, -0.2) is 0 Å². The van der Waals surface area contributed by atoms with Crippen LogP contribution in [0.5, 0.6) is 0 Å². The van der Waals surface area contributed by atoms with Crippen molar-refractivity contribution in [2.24, 2.45) is 0 Å². The molecule has 5 nitrogen and oxygen atoms in total. The van der Waals surface area contributed by atoms with Gasteiger partial charge < -0.3 is 14.8 Å². The minimum Gasteiger partial charge on any atom is -0.382 e. The van der Waals surface area contributed by atoms with Gasteiger partial charge in [0.1, 0.15) is 6.61 Å². The summed E-state index contributed by atoms with van der Waals surface area (Å²) < 4.78 is 9.79. The van der Waals surface area contributed by atoms with Gasteiger partial charge in [-0.2, -0.15) is 0 Å². The van der Waals surface area contributed by atoms with E-state index >= 15 is 0 Å². The summed E-state index contributed by atoms with van der Waals surface area (Å²) in [5.41, 5.74) is 0.582. The number of carbonyl (C=O) groups is 2. The number of ether oxygens (including phenoxy) is 2. The van der Waals surface area contributed by atoms with Crippen LogP contribution in [0, 0.1) is 0 Å². The molecule has 0 bridgehead atoms. The number of methoxy groups -OCH3 is 1. The number of benzene rings is 1. The summed E-state index contributed by atoms with van der Waals surface area (Å²) in [6.07, 6.45) is 0. The molecule has 0 unspecified atom stereocenters. The van der Waals surface area contributed by atoms with Crippen LogP contribution in [0.25, 0.3) is 0 Å². The molecule has 0 saturated carbocycles. The summed E-state index contributed by atoms with van der Waals surface area (Å²) in [6.45, 7) is 0.717. The summed E-state index contributed by atoms with van der Waals surface area (Å²) in [5.74, 6) is -0.434. The number of ketones is 1. The first-order valence-corrected chi connectivity index (χ1v) is 5.65. The summed E-state index contributed by atoms with van der Waals surface area (Å²) in [7, 11) is 1.56. The van der Waals surface area contributed by atoms with E-state index in [9.17, 15) is 9.59 Å². The second-order valence-electron chi connectivity index (χ2n) is 3.61. The number of hydrogen-bond acceptors (Lipinski definition) is 4. The van der Waals surface area contributed by atoms with Gasteiger partial charge in [0.05, 0.1) is 19.8 Å². The lowest BCUT2D eigenvalue weighted by Crippen LogP contribution is -2.32. The van der Waals surface area contributed by atoms with Gasteiger partial charge in [-0.05, 0) is 0 Å². The predicted octanol–water partition coefficient (Wildman–Crippen LogP) is 0.648. The maximum atomic E-state index is 11.6. The van der Waals surface area contributed by atoms with E-state index in [0.717, 1.165) is 0 Å². The highest BCUT2D eigenvalue weighted by Gasteiger charge is 2.07. The third-order valence-corrected chi connectivity index (χ3v) is 2.21. The zero-order valence-electron chi connectivity index (χ0n) is 10.3. The number of nitrogens with one attached hydrogen (secondary N) is 1. The fourth-order valence-electron chi connectivity index (χ4n) is 1.26. The van der Waals surface area contributed by atoms with Gasteiger partial charge >= 0.3 is 0 Å². The molecule has 1 amide bonds. The number of amides is 1. The lowest BCUT2D eigenvalue weighted by Gasteiger charge is -2.05. The van der Waals surface area contributed by atoms with Gasteiger partial charge in [-0.15, -0.1) is 0 Å². The lowest BCUT2D eigenvalue weighted by atomic mass is 10.1. The Balaban J connectivity index is 2.20. The van der Waals surface area contributed by atoms with Crippen molar-refractivity contribution in [3.8, 4) is 0 Å². The van der Waals surface area contributed by atoms with Crippen LogP contribution in [-0.4, -0.2) is 45.2 Å². The second kappa shape index (κ2) is 8.38. The van der Waals surface area contributed by atoms with Crippen LogP contribution in [0.1, 0.15) is 10.4 Å². The third kappa shape index (κ3) is 5.56. The molecule has 0 radical (unpaired) electrons. The molecule has 0 fully saturated rings. The van der Waals surface area contributed by atoms with Gasteiger partial charge in [0.2, 0.25) is 5.91 Å². The smallest absolute Gasteiger partial charge is 0.246 e. The molecule has 0 heterocycles. The quantitative estimate of drug-likeness (QED) is 0.544. The minimum atomic E-state index is -0.310. The zero-order valence-corrected chi connectivity index (χ0v) is 10.3. The lowest BCUT2D eigenvalue weighted by molar-refractivity contribution is -0.125. The third-order valence-electron chi connectivity index (χ3n) is 2.21. The molecule has 0 aliphatic rings. The highest BCUT2D eigenvalue weighted by molar-refractivity contribution is 5.99. The standard InChI is InChI=1S/C13H17NO4/c1-17-7-8-18-10-13(16)14-9-12(15)11-5-3-2-4-6-11/h2-6H,7-10H2,1H3,(H,14,16). The van der Waals surface area contributed by atoms with Crippen LogP contribution in [-0.2, 0) is 14.3 Å². The van der Waals surface area contributed by atoms with Gasteiger partial charge in [-0.1, -0.05) is 30.3 Å². The average molecular weight is 251 g/mol.